The zero-order valence-corrected chi connectivity index (χ0v) is 55.8. The minimum Gasteiger partial charge on any atom is -0.497 e. The molecule has 0 atom stereocenters. The average Bonchev–Trinajstić information content (AvgIpc) is 2.03. The number of benzene rings is 10. The second kappa shape index (κ2) is 25.3. The van der Waals surface area contributed by atoms with Crippen molar-refractivity contribution in [2.24, 2.45) is 0 Å². The highest BCUT2D eigenvalue weighted by molar-refractivity contribution is 5.79. The summed E-state index contributed by atoms with van der Waals surface area (Å²) in [7, 11) is 3.64. The van der Waals surface area contributed by atoms with E-state index in [1.807, 2.05) is 14.2 Å². The van der Waals surface area contributed by atoms with Gasteiger partial charge >= 0.3 is 0 Å². The Kier molecular flexibility index (Phi) is 17.6. The highest BCUT2D eigenvalue weighted by Crippen LogP contribution is 2.53. The van der Waals surface area contributed by atoms with Crippen molar-refractivity contribution in [2.45, 2.75) is 134 Å². The van der Waals surface area contributed by atoms with Gasteiger partial charge in [-0.15, -0.1) is 0 Å². The van der Waals surface area contributed by atoms with E-state index in [0.29, 0.717) is 0 Å². The van der Waals surface area contributed by atoms with Crippen LogP contribution in [0.2, 0.25) is 0 Å². The van der Waals surface area contributed by atoms with Gasteiger partial charge in [0.2, 0.25) is 6.67 Å². The first-order valence-electron chi connectivity index (χ1n) is 31.6. The topological polar surface area (TPSA) is 24.9 Å². The molecule has 0 spiro atoms. The Morgan fingerprint density at radius 1 is 0.225 bits per heavy atom. The molecule has 1 aliphatic rings. The number of hydrogen-bond donors (Lipinski definition) is 0. The first-order valence-corrected chi connectivity index (χ1v) is 31.6. The van der Waals surface area contributed by atoms with E-state index in [4.69, 9.17) is 9.47 Å². The van der Waals surface area contributed by atoms with Crippen molar-refractivity contribution in [3.05, 3.63) is 345 Å². The van der Waals surface area contributed by atoms with Gasteiger partial charge < -0.3 is 19.3 Å². The molecule has 4 heteroatoms. The molecule has 0 amide bonds. The molecule has 10 aromatic rings. The smallest absolute Gasteiger partial charge is 0.217 e. The average molecular weight is 1170 g/mol. The lowest BCUT2D eigenvalue weighted by Crippen LogP contribution is -2.25. The van der Waals surface area contributed by atoms with E-state index in [-0.39, 0.29) is 23.7 Å². The summed E-state index contributed by atoms with van der Waals surface area (Å²) in [6.07, 6.45) is 4.52. The number of methoxy groups -OCH3 is 2. The van der Waals surface area contributed by atoms with Gasteiger partial charge in [0.15, 0.2) is 0 Å². The fourth-order valence-corrected chi connectivity index (χ4v) is 15.2. The van der Waals surface area contributed by atoms with Crippen molar-refractivity contribution in [3.63, 3.8) is 0 Å². The van der Waals surface area contributed by atoms with Crippen molar-refractivity contribution in [1.82, 2.24) is 0 Å². The van der Waals surface area contributed by atoms with Crippen LogP contribution in [-0.2, 0) is 0 Å². The molecule has 2 radical (unpaired) electrons. The Balaban J connectivity index is 1.27. The van der Waals surface area contributed by atoms with Crippen LogP contribution in [0.15, 0.2) is 182 Å². The molecule has 11 rings (SSSR count). The van der Waals surface area contributed by atoms with Crippen molar-refractivity contribution in [1.29, 1.82) is 0 Å². The first kappa shape index (κ1) is 61.8. The molecular formula is C85H88N2O2. The molecule has 4 nitrogen and oxygen atoms in total. The number of rotatable bonds is 16. The van der Waals surface area contributed by atoms with Crippen LogP contribution in [0.4, 0.5) is 11.4 Å². The second-order valence-corrected chi connectivity index (χ2v) is 26.5. The van der Waals surface area contributed by atoms with Crippen molar-refractivity contribution in [3.8, 4) is 11.5 Å². The van der Waals surface area contributed by atoms with Gasteiger partial charge in [0.05, 0.1) is 25.6 Å². The van der Waals surface area contributed by atoms with E-state index in [1.54, 1.807) is 0 Å². The third-order valence-corrected chi connectivity index (χ3v) is 17.7. The molecule has 0 bridgehead atoms. The quantitative estimate of drug-likeness (QED) is 0.0900. The molecule has 0 fully saturated rings. The maximum atomic E-state index is 6.60. The normalized spacial score (nSPS) is 12.4. The summed E-state index contributed by atoms with van der Waals surface area (Å²) in [5.41, 5.74) is 35.8. The van der Waals surface area contributed by atoms with Gasteiger partial charge in [-0.05, 0) is 202 Å². The molecule has 10 aromatic carbocycles. The minimum atomic E-state index is -0.219. The predicted molar refractivity (Wildman–Crippen MR) is 374 cm³/mol. The molecule has 1 heterocycles. The van der Waals surface area contributed by atoms with Crippen molar-refractivity contribution in [2.75, 3.05) is 24.0 Å². The first-order chi connectivity index (χ1) is 42.5. The third kappa shape index (κ3) is 13.3. The van der Waals surface area contributed by atoms with Crippen LogP contribution in [0.1, 0.15) is 179 Å². The predicted octanol–water partition coefficient (Wildman–Crippen LogP) is 21.2. The molecule has 450 valence electrons. The fourth-order valence-electron chi connectivity index (χ4n) is 15.2. The number of aryl methyl sites for hydroxylation is 16. The summed E-state index contributed by atoms with van der Waals surface area (Å²) in [4.78, 5) is 4.65. The van der Waals surface area contributed by atoms with Gasteiger partial charge in [0, 0.05) is 36.1 Å². The summed E-state index contributed by atoms with van der Waals surface area (Å²) < 4.78 is 13.2. The van der Waals surface area contributed by atoms with Gasteiger partial charge in [0.1, 0.15) is 11.5 Å². The van der Waals surface area contributed by atoms with Crippen LogP contribution in [0.5, 0.6) is 11.5 Å². The largest absolute Gasteiger partial charge is 0.497 e. The van der Waals surface area contributed by atoms with Crippen LogP contribution >= 0.6 is 0 Å². The summed E-state index contributed by atoms with van der Waals surface area (Å²) >= 11 is 0. The van der Waals surface area contributed by atoms with Gasteiger partial charge in [-0.1, -0.05) is 235 Å². The molecule has 0 saturated heterocycles. The van der Waals surface area contributed by atoms with Crippen molar-refractivity contribution < 1.29 is 9.47 Å². The van der Waals surface area contributed by atoms with Gasteiger partial charge in [0.25, 0.3) is 0 Å². The molecule has 1 aliphatic heterocycles. The van der Waals surface area contributed by atoms with E-state index in [1.165, 1.54) is 134 Å². The zero-order chi connectivity index (χ0) is 63.3. The molecular weight excluding hydrogens is 1080 g/mol. The Labute approximate surface area is 532 Å². The highest BCUT2D eigenvalue weighted by Gasteiger charge is 2.37. The minimum absolute atomic E-state index is 0.219. The molecule has 0 saturated carbocycles. The number of ether oxygens (including phenoxy) is 2. The van der Waals surface area contributed by atoms with E-state index < -0.39 is 0 Å². The molecule has 0 aliphatic carbocycles. The Morgan fingerprint density at radius 3 is 0.506 bits per heavy atom. The van der Waals surface area contributed by atoms with Crippen molar-refractivity contribution >= 4 is 11.4 Å². The summed E-state index contributed by atoms with van der Waals surface area (Å²) in [6.45, 7) is 39.8. The number of anilines is 2. The Bertz CT molecular complexity index is 3480. The molecule has 0 N–H and O–H groups in total. The van der Waals surface area contributed by atoms with Crippen LogP contribution in [0.3, 0.4) is 0 Å². The maximum absolute atomic E-state index is 6.60. The summed E-state index contributed by atoms with van der Waals surface area (Å²) in [5.74, 6) is 0.718. The molecule has 0 unspecified atom stereocenters. The molecule has 0 aromatic heterocycles. The van der Waals surface area contributed by atoms with Gasteiger partial charge in [-0.3, -0.25) is 0 Å². The van der Waals surface area contributed by atoms with Gasteiger partial charge in [-0.2, -0.15) is 0 Å². The monoisotopic (exact) mass is 1170 g/mol. The van der Waals surface area contributed by atoms with Crippen LogP contribution in [0, 0.1) is 117 Å². The number of nitrogens with zero attached hydrogens (tertiary/aromatic N) is 2. The summed E-state index contributed by atoms with van der Waals surface area (Å²) in [5, 5.41) is 0. The van der Waals surface area contributed by atoms with Crippen LogP contribution < -0.4 is 19.3 Å². The lowest BCUT2D eigenvalue weighted by atomic mass is 9.76. The van der Waals surface area contributed by atoms with E-state index >= 15 is 0 Å². The van der Waals surface area contributed by atoms with Crippen LogP contribution in [0.25, 0.3) is 0 Å². The molecule has 89 heavy (non-hydrogen) atoms. The SMILES string of the molecule is COc1cc(C(c2cc(C)cc(C)c2)c2cc(C)cc(C)c2)c(N2[C]N(c3c(C(c4cc(C)cc(C)c4)c4cc(C)cc(C)c4)cc(OC)cc3C(c3cc(C)cc(C)c3)c3cc(C)cc(C)c3)C=C2)c(C(c2cc(C)cc(C)c2)c2cc(C)cc(C)c2)c1. The third-order valence-electron chi connectivity index (χ3n) is 17.7. The lowest BCUT2D eigenvalue weighted by molar-refractivity contribution is 0.413. The maximum Gasteiger partial charge on any atom is 0.217 e. The van der Waals surface area contributed by atoms with E-state index in [2.05, 4.69) is 310 Å². The second-order valence-electron chi connectivity index (χ2n) is 26.5. The van der Waals surface area contributed by atoms with Gasteiger partial charge in [-0.25, -0.2) is 0 Å². The standard InChI is InChI=1S/C85H88N2O2/c1-50-21-51(2)30-66(29-50)80(67-31-52(3)22-53(4)32-67)76-45-74(88-17)46-77(81(68-33-54(5)23-55(6)34-68)69-35-56(7)24-57(8)36-69)84(76)86-19-20-87(49-86)85-78(82(70-37-58(9)25-59(10)38-70)71-39-60(11)26-61(12)40-71)47-75(89-18)48-79(85)83(72-41-62(13)27-63(14)42-72)73-43-64(15)28-65(16)44-73/h19-48,80-83H,1-18H3. The lowest BCUT2D eigenvalue weighted by Gasteiger charge is -2.35. The Morgan fingerprint density at radius 2 is 0.371 bits per heavy atom. The highest BCUT2D eigenvalue weighted by atomic mass is 16.5. The van der Waals surface area contributed by atoms with E-state index in [9.17, 15) is 0 Å². The number of hydrogen-bond acceptors (Lipinski definition) is 4. The fraction of sp³-hybridized carbons (Fsp3) is 0.259. The Hall–Kier alpha value is -8.86. The van der Waals surface area contributed by atoms with E-state index in [0.717, 1.165) is 45.1 Å². The summed E-state index contributed by atoms with van der Waals surface area (Å²) in [6, 6.07) is 65.8. The van der Waals surface area contributed by atoms with Crippen LogP contribution in [-0.4, -0.2) is 14.2 Å². The zero-order valence-electron chi connectivity index (χ0n) is 55.8.